The molecule has 2 aromatic carbocycles. The molecule has 0 spiro atoms. The minimum Gasteiger partial charge on any atom is -0.406 e. The van der Waals surface area contributed by atoms with Gasteiger partial charge in [0.05, 0.1) is 10.6 Å². The van der Waals surface area contributed by atoms with E-state index in [4.69, 9.17) is 16.3 Å². The second-order valence-electron chi connectivity index (χ2n) is 4.93. The van der Waals surface area contributed by atoms with Gasteiger partial charge in [0, 0.05) is 0 Å². The molecule has 1 aliphatic rings. The lowest BCUT2D eigenvalue weighted by Gasteiger charge is -2.08. The van der Waals surface area contributed by atoms with Crippen LogP contribution in [0.3, 0.4) is 0 Å². The molecule has 0 radical (unpaired) electrons. The molecule has 0 fully saturated rings. The van der Waals surface area contributed by atoms with Crippen LogP contribution >= 0.6 is 11.6 Å². The van der Waals surface area contributed by atoms with Crippen LogP contribution in [-0.4, -0.2) is 18.2 Å². The summed E-state index contributed by atoms with van der Waals surface area (Å²) in [5, 5.41) is 0.379. The number of hydrogen-bond donors (Lipinski definition) is 0. The van der Waals surface area contributed by atoms with Gasteiger partial charge in [-0.1, -0.05) is 35.9 Å². The fourth-order valence-corrected chi connectivity index (χ4v) is 2.30. The highest BCUT2D eigenvalue weighted by Gasteiger charge is 2.31. The maximum atomic E-state index is 12.1. The van der Waals surface area contributed by atoms with Crippen molar-refractivity contribution in [3.05, 3.63) is 70.4 Å². The second-order valence-corrected chi connectivity index (χ2v) is 5.34. The molecule has 2 aromatic rings. The molecule has 0 bridgehead atoms. The molecule has 0 unspecified atom stereocenters. The van der Waals surface area contributed by atoms with Crippen LogP contribution in [0.25, 0.3) is 6.08 Å². The Labute approximate surface area is 145 Å². The topological polar surface area (TPSA) is 47.9 Å². The molecule has 1 heterocycles. The summed E-state index contributed by atoms with van der Waals surface area (Å²) in [7, 11) is 0. The van der Waals surface area contributed by atoms with Gasteiger partial charge in [0.15, 0.2) is 5.70 Å². The van der Waals surface area contributed by atoms with Gasteiger partial charge in [-0.2, -0.15) is 0 Å². The number of carbonyl (C=O) groups is 1. The SMILES string of the molecule is O=C1OC(c2ccccc2Cl)=NC1=Cc1ccc(OC(F)(F)F)cc1. The highest BCUT2D eigenvalue weighted by Crippen LogP contribution is 2.25. The van der Waals surface area contributed by atoms with Crippen molar-refractivity contribution < 1.29 is 27.4 Å². The third-order valence-electron chi connectivity index (χ3n) is 3.14. The van der Waals surface area contributed by atoms with Crippen molar-refractivity contribution in [3.8, 4) is 5.75 Å². The van der Waals surface area contributed by atoms with Crippen molar-refractivity contribution >= 4 is 29.5 Å². The molecule has 25 heavy (non-hydrogen) atoms. The van der Waals surface area contributed by atoms with E-state index in [2.05, 4.69) is 9.73 Å². The molecular formula is C17H9ClF3NO3. The molecule has 1 aliphatic heterocycles. The minimum absolute atomic E-state index is 0.0133. The van der Waals surface area contributed by atoms with Crippen molar-refractivity contribution in [1.29, 1.82) is 0 Å². The summed E-state index contributed by atoms with van der Waals surface area (Å²) < 4.78 is 45.3. The number of aliphatic imine (C=N–C) groups is 1. The fraction of sp³-hybridized carbons (Fsp3) is 0.0588. The number of alkyl halides is 3. The van der Waals surface area contributed by atoms with Crippen LogP contribution in [0.5, 0.6) is 5.75 Å². The van der Waals surface area contributed by atoms with E-state index >= 15 is 0 Å². The van der Waals surface area contributed by atoms with Crippen LogP contribution in [0.1, 0.15) is 11.1 Å². The lowest BCUT2D eigenvalue weighted by molar-refractivity contribution is -0.274. The van der Waals surface area contributed by atoms with Gasteiger partial charge in [-0.3, -0.25) is 0 Å². The zero-order valence-electron chi connectivity index (χ0n) is 12.4. The van der Waals surface area contributed by atoms with E-state index in [0.29, 0.717) is 16.1 Å². The van der Waals surface area contributed by atoms with Crippen LogP contribution in [-0.2, 0) is 9.53 Å². The number of carbonyl (C=O) groups excluding carboxylic acids is 1. The number of cyclic esters (lactones) is 1. The van der Waals surface area contributed by atoms with E-state index in [1.165, 1.54) is 18.2 Å². The zero-order chi connectivity index (χ0) is 18.0. The van der Waals surface area contributed by atoms with Gasteiger partial charge in [0.2, 0.25) is 5.90 Å². The molecule has 0 atom stereocenters. The summed E-state index contributed by atoms with van der Waals surface area (Å²) in [5.74, 6) is -0.965. The van der Waals surface area contributed by atoms with Gasteiger partial charge in [0.1, 0.15) is 5.75 Å². The molecule has 0 saturated heterocycles. The Balaban J connectivity index is 1.84. The average molecular weight is 368 g/mol. The molecule has 8 heteroatoms. The zero-order valence-corrected chi connectivity index (χ0v) is 13.1. The van der Waals surface area contributed by atoms with E-state index in [1.54, 1.807) is 24.3 Å². The van der Waals surface area contributed by atoms with E-state index in [1.807, 2.05) is 0 Å². The van der Waals surface area contributed by atoms with E-state index < -0.39 is 12.3 Å². The Morgan fingerprint density at radius 1 is 1.08 bits per heavy atom. The fourth-order valence-electron chi connectivity index (χ4n) is 2.08. The summed E-state index contributed by atoms with van der Waals surface area (Å²) in [6.07, 6.45) is -3.37. The van der Waals surface area contributed by atoms with Crippen LogP contribution in [0.4, 0.5) is 13.2 Å². The first-order valence-electron chi connectivity index (χ1n) is 6.95. The third kappa shape index (κ3) is 4.19. The number of nitrogens with zero attached hydrogens (tertiary/aromatic N) is 1. The van der Waals surface area contributed by atoms with Gasteiger partial charge in [-0.05, 0) is 35.9 Å². The predicted octanol–water partition coefficient (Wildman–Crippen LogP) is 4.58. The van der Waals surface area contributed by atoms with E-state index in [-0.39, 0.29) is 17.3 Å². The van der Waals surface area contributed by atoms with Crippen molar-refractivity contribution in [2.75, 3.05) is 0 Å². The number of halogens is 4. The normalized spacial score (nSPS) is 15.9. The van der Waals surface area contributed by atoms with Crippen LogP contribution in [0.15, 0.2) is 59.2 Å². The predicted molar refractivity (Wildman–Crippen MR) is 85.2 cm³/mol. The monoisotopic (exact) mass is 367 g/mol. The van der Waals surface area contributed by atoms with Crippen molar-refractivity contribution in [3.63, 3.8) is 0 Å². The lowest BCUT2D eigenvalue weighted by Crippen LogP contribution is -2.16. The largest absolute Gasteiger partial charge is 0.573 e. The Bertz CT molecular complexity index is 873. The quantitative estimate of drug-likeness (QED) is 0.589. The number of benzene rings is 2. The Kier molecular flexibility index (Phi) is 4.50. The van der Waals surface area contributed by atoms with Crippen molar-refractivity contribution in [2.24, 2.45) is 4.99 Å². The van der Waals surface area contributed by atoms with Crippen LogP contribution in [0.2, 0.25) is 5.02 Å². The number of rotatable bonds is 3. The summed E-state index contributed by atoms with van der Waals surface area (Å²) in [6.45, 7) is 0. The van der Waals surface area contributed by atoms with Crippen LogP contribution in [0, 0.1) is 0 Å². The summed E-state index contributed by atoms with van der Waals surface area (Å²) >= 11 is 6.03. The first-order chi connectivity index (χ1) is 11.8. The maximum Gasteiger partial charge on any atom is 0.573 e. The molecule has 4 nitrogen and oxygen atoms in total. The second kappa shape index (κ2) is 6.60. The molecule has 128 valence electrons. The highest BCUT2D eigenvalue weighted by molar-refractivity contribution is 6.34. The van der Waals surface area contributed by atoms with Crippen LogP contribution < -0.4 is 4.74 Å². The molecule has 0 N–H and O–H groups in total. The summed E-state index contributed by atoms with van der Waals surface area (Å²) in [4.78, 5) is 16.0. The standard InChI is InChI=1S/C17H9ClF3NO3/c18-13-4-2-1-3-12(13)15-22-14(16(23)24-15)9-10-5-7-11(8-6-10)25-17(19,20)21/h1-9H. The van der Waals surface area contributed by atoms with Crippen molar-refractivity contribution in [1.82, 2.24) is 0 Å². The Morgan fingerprint density at radius 3 is 2.40 bits per heavy atom. The summed E-state index contributed by atoms with van der Waals surface area (Å²) in [6, 6.07) is 11.7. The smallest absolute Gasteiger partial charge is 0.406 e. The number of esters is 1. The van der Waals surface area contributed by atoms with Gasteiger partial charge < -0.3 is 9.47 Å². The van der Waals surface area contributed by atoms with Gasteiger partial charge in [-0.15, -0.1) is 13.2 Å². The van der Waals surface area contributed by atoms with Gasteiger partial charge >= 0.3 is 12.3 Å². The Hall–Kier alpha value is -2.80. The number of ether oxygens (including phenoxy) is 2. The first kappa shape index (κ1) is 17.0. The van der Waals surface area contributed by atoms with E-state index in [9.17, 15) is 18.0 Å². The van der Waals surface area contributed by atoms with Gasteiger partial charge in [0.25, 0.3) is 0 Å². The first-order valence-corrected chi connectivity index (χ1v) is 7.33. The molecule has 0 aliphatic carbocycles. The summed E-state index contributed by atoms with van der Waals surface area (Å²) in [5.41, 5.74) is 0.944. The minimum atomic E-state index is -4.76. The lowest BCUT2D eigenvalue weighted by atomic mass is 10.2. The average Bonchev–Trinajstić information content (AvgIpc) is 2.89. The highest BCUT2D eigenvalue weighted by atomic mass is 35.5. The molecule has 3 rings (SSSR count). The third-order valence-corrected chi connectivity index (χ3v) is 3.47. The van der Waals surface area contributed by atoms with E-state index in [0.717, 1.165) is 12.1 Å². The molecule has 0 amide bonds. The van der Waals surface area contributed by atoms with Crippen molar-refractivity contribution in [2.45, 2.75) is 6.36 Å². The van der Waals surface area contributed by atoms with Gasteiger partial charge in [-0.25, -0.2) is 9.79 Å². The number of hydrogen-bond acceptors (Lipinski definition) is 4. The molecule has 0 aromatic heterocycles. The molecule has 0 saturated carbocycles. The maximum absolute atomic E-state index is 12.1. The molecular weight excluding hydrogens is 359 g/mol. The Morgan fingerprint density at radius 2 is 1.76 bits per heavy atom.